The predicted molar refractivity (Wildman–Crippen MR) is 217 cm³/mol. The molecule has 4 heteroatoms. The van der Waals surface area contributed by atoms with Gasteiger partial charge in [-0.2, -0.15) is 5.26 Å². The van der Waals surface area contributed by atoms with Crippen LogP contribution in [0.1, 0.15) is 49.7 Å². The molecule has 0 aliphatic heterocycles. The van der Waals surface area contributed by atoms with Crippen LogP contribution in [-0.2, 0) is 5.41 Å². The minimum Gasteiger partial charge on any atom is -0.208 e. The Kier molecular flexibility index (Phi) is 8.02. The van der Waals surface area contributed by atoms with Gasteiger partial charge in [0.05, 0.1) is 11.6 Å². The summed E-state index contributed by atoms with van der Waals surface area (Å²) in [4.78, 5) is 15.6. The molecule has 4 aliphatic carbocycles. The fourth-order valence-electron chi connectivity index (χ4n) is 10.2. The van der Waals surface area contributed by atoms with Crippen molar-refractivity contribution in [2.75, 3.05) is 0 Å². The van der Waals surface area contributed by atoms with Gasteiger partial charge in [0.2, 0.25) is 0 Å². The molecule has 0 saturated heterocycles. The maximum absolute atomic E-state index is 9.71. The average Bonchev–Trinajstić information content (AvgIpc) is 3.23. The second-order valence-electron chi connectivity index (χ2n) is 15.9. The monoisotopic (exact) mass is 696 g/mol. The topological polar surface area (TPSA) is 62.5 Å². The average molecular weight is 697 g/mol. The second-order valence-corrected chi connectivity index (χ2v) is 15.9. The van der Waals surface area contributed by atoms with Gasteiger partial charge in [0.1, 0.15) is 0 Å². The van der Waals surface area contributed by atoms with E-state index in [0.29, 0.717) is 28.5 Å². The molecule has 260 valence electrons. The molecule has 1 aromatic heterocycles. The molecule has 54 heavy (non-hydrogen) atoms. The zero-order valence-electron chi connectivity index (χ0n) is 30.2. The highest BCUT2D eigenvalue weighted by Crippen LogP contribution is 2.60. The fraction of sp³-hybridized carbons (Fsp3) is 0.200. The first kappa shape index (κ1) is 32.5. The smallest absolute Gasteiger partial charge is 0.164 e. The third-order valence-corrected chi connectivity index (χ3v) is 12.3. The molecule has 0 amide bonds. The van der Waals surface area contributed by atoms with Gasteiger partial charge in [0.15, 0.2) is 17.5 Å². The number of hydrogen-bond donors (Lipinski definition) is 0. The van der Waals surface area contributed by atoms with Crippen LogP contribution in [-0.4, -0.2) is 15.0 Å². The normalized spacial score (nSPS) is 21.1. The first-order chi connectivity index (χ1) is 26.6. The fourth-order valence-corrected chi connectivity index (χ4v) is 10.2. The number of hydrogen-bond acceptors (Lipinski definition) is 4. The van der Waals surface area contributed by atoms with Crippen molar-refractivity contribution in [3.8, 4) is 73.6 Å². The maximum atomic E-state index is 9.71. The van der Waals surface area contributed by atoms with E-state index in [4.69, 9.17) is 15.0 Å². The lowest BCUT2D eigenvalue weighted by molar-refractivity contribution is -0.00518. The summed E-state index contributed by atoms with van der Waals surface area (Å²) in [5.74, 6) is 4.60. The zero-order chi connectivity index (χ0) is 36.1. The molecule has 0 spiro atoms. The standard InChI is InChI=1S/C50H40N4/c51-32-33-9-7-14-40(24-33)44-26-43(38-12-5-2-6-13-38)27-45(28-44)49-53-47(52-48(54-49)42-16-8-15-41(25-42)37-10-3-1-4-11-37)39-17-19-46(20-18-39)50-29-34-21-35(30-50)23-36(22-34)31-50/h1-20,24-28,34-36H,21-23,29-31H2/t34-,35-,36-,50?. The summed E-state index contributed by atoms with van der Waals surface area (Å²) in [6.45, 7) is 0. The van der Waals surface area contributed by atoms with E-state index < -0.39 is 0 Å². The van der Waals surface area contributed by atoms with Gasteiger partial charge in [0.25, 0.3) is 0 Å². The molecule has 4 bridgehead atoms. The van der Waals surface area contributed by atoms with E-state index in [-0.39, 0.29) is 0 Å². The van der Waals surface area contributed by atoms with E-state index in [9.17, 15) is 5.26 Å². The van der Waals surface area contributed by atoms with Crippen molar-refractivity contribution in [1.82, 2.24) is 15.0 Å². The highest BCUT2D eigenvalue weighted by atomic mass is 15.0. The lowest BCUT2D eigenvalue weighted by atomic mass is 9.48. The van der Waals surface area contributed by atoms with Crippen LogP contribution in [0.3, 0.4) is 0 Å². The van der Waals surface area contributed by atoms with Gasteiger partial charge in [-0.3, -0.25) is 0 Å². The van der Waals surface area contributed by atoms with E-state index in [1.807, 2.05) is 30.3 Å². The number of rotatable bonds is 7. The molecule has 4 nitrogen and oxygen atoms in total. The molecular formula is C50H40N4. The van der Waals surface area contributed by atoms with Crippen molar-refractivity contribution in [2.24, 2.45) is 17.8 Å². The zero-order valence-corrected chi connectivity index (χ0v) is 30.2. The van der Waals surface area contributed by atoms with Crippen LogP contribution in [0.4, 0.5) is 0 Å². The Hall–Kier alpha value is -6.18. The molecule has 0 unspecified atom stereocenters. The van der Waals surface area contributed by atoms with Crippen LogP contribution < -0.4 is 0 Å². The van der Waals surface area contributed by atoms with Crippen molar-refractivity contribution < 1.29 is 0 Å². The van der Waals surface area contributed by atoms with Gasteiger partial charge in [-0.05, 0) is 137 Å². The highest BCUT2D eigenvalue weighted by Gasteiger charge is 2.51. The van der Waals surface area contributed by atoms with Gasteiger partial charge in [0, 0.05) is 16.7 Å². The van der Waals surface area contributed by atoms with Crippen LogP contribution in [0.25, 0.3) is 67.5 Å². The Morgan fingerprint density at radius 3 is 1.46 bits per heavy atom. The second kappa shape index (κ2) is 13.3. The molecule has 7 aromatic rings. The molecular weight excluding hydrogens is 657 g/mol. The lowest BCUT2D eigenvalue weighted by Crippen LogP contribution is -2.48. The summed E-state index contributed by atoms with van der Waals surface area (Å²) in [6, 6.07) is 55.1. The van der Waals surface area contributed by atoms with Crippen molar-refractivity contribution in [3.05, 3.63) is 163 Å². The Morgan fingerprint density at radius 1 is 0.407 bits per heavy atom. The van der Waals surface area contributed by atoms with Crippen LogP contribution in [0.15, 0.2) is 152 Å². The van der Waals surface area contributed by atoms with Gasteiger partial charge in [-0.25, -0.2) is 15.0 Å². The van der Waals surface area contributed by atoms with E-state index >= 15 is 0 Å². The van der Waals surface area contributed by atoms with Crippen molar-refractivity contribution in [2.45, 2.75) is 43.9 Å². The van der Waals surface area contributed by atoms with E-state index in [1.165, 1.54) is 44.1 Å². The summed E-state index contributed by atoms with van der Waals surface area (Å²) in [7, 11) is 0. The summed E-state index contributed by atoms with van der Waals surface area (Å²) in [5, 5.41) is 9.71. The minimum atomic E-state index is 0.331. The molecule has 0 N–H and O–H groups in total. The van der Waals surface area contributed by atoms with Crippen molar-refractivity contribution >= 4 is 0 Å². The summed E-state index contributed by atoms with van der Waals surface area (Å²) >= 11 is 0. The van der Waals surface area contributed by atoms with Crippen LogP contribution in [0.5, 0.6) is 0 Å². The van der Waals surface area contributed by atoms with Crippen LogP contribution >= 0.6 is 0 Å². The molecule has 4 saturated carbocycles. The molecule has 4 fully saturated rings. The van der Waals surface area contributed by atoms with Crippen molar-refractivity contribution in [1.29, 1.82) is 5.26 Å². The Morgan fingerprint density at radius 2 is 0.852 bits per heavy atom. The third-order valence-electron chi connectivity index (χ3n) is 12.3. The minimum absolute atomic E-state index is 0.331. The molecule has 6 aromatic carbocycles. The Balaban J connectivity index is 1.12. The van der Waals surface area contributed by atoms with E-state index in [0.717, 1.165) is 67.8 Å². The molecule has 0 atom stereocenters. The van der Waals surface area contributed by atoms with Gasteiger partial charge in [-0.15, -0.1) is 0 Å². The molecule has 0 radical (unpaired) electrons. The van der Waals surface area contributed by atoms with Gasteiger partial charge in [-0.1, -0.05) is 115 Å². The van der Waals surface area contributed by atoms with E-state index in [1.54, 1.807) is 0 Å². The number of nitriles is 1. The summed E-state index contributed by atoms with van der Waals surface area (Å²) in [5.41, 5.74) is 11.7. The first-order valence-corrected chi connectivity index (χ1v) is 19.3. The largest absolute Gasteiger partial charge is 0.208 e. The SMILES string of the molecule is N#Cc1cccc(-c2cc(-c3ccccc3)cc(-c3nc(-c4ccc(C56C[C@H]7C[C@H](C5)C[C@@H](C6)C7)cc4)nc(-c4cccc(-c5ccccc5)c4)n3)c2)c1. The van der Waals surface area contributed by atoms with Crippen LogP contribution in [0, 0.1) is 29.1 Å². The summed E-state index contributed by atoms with van der Waals surface area (Å²) in [6.07, 6.45) is 8.34. The van der Waals surface area contributed by atoms with E-state index in [2.05, 4.69) is 127 Å². The molecule has 1 heterocycles. The highest BCUT2D eigenvalue weighted by molar-refractivity contribution is 5.81. The summed E-state index contributed by atoms with van der Waals surface area (Å²) < 4.78 is 0. The Bertz CT molecular complexity index is 2500. The molecule has 11 rings (SSSR count). The lowest BCUT2D eigenvalue weighted by Gasteiger charge is -2.57. The van der Waals surface area contributed by atoms with Crippen LogP contribution in [0.2, 0.25) is 0 Å². The molecule has 4 aliphatic rings. The van der Waals surface area contributed by atoms with Gasteiger partial charge < -0.3 is 0 Å². The van der Waals surface area contributed by atoms with Gasteiger partial charge >= 0.3 is 0 Å². The van der Waals surface area contributed by atoms with Crippen molar-refractivity contribution in [3.63, 3.8) is 0 Å². The first-order valence-electron chi connectivity index (χ1n) is 19.3. The third kappa shape index (κ3) is 6.10. The number of benzene rings is 6. The number of nitrogens with zero attached hydrogens (tertiary/aromatic N) is 4. The Labute approximate surface area is 317 Å². The number of aromatic nitrogens is 3. The maximum Gasteiger partial charge on any atom is 0.164 e. The predicted octanol–water partition coefficient (Wildman–Crippen LogP) is 12.2. The quantitative estimate of drug-likeness (QED) is 0.166.